The number of nitrogens with one attached hydrogen (secondary N) is 1. The van der Waals surface area contributed by atoms with Crippen LogP contribution in [0.15, 0.2) is 17.3 Å². The Kier molecular flexibility index (Phi) is 4.78. The van der Waals surface area contributed by atoms with Crippen molar-refractivity contribution >= 4 is 17.6 Å². The van der Waals surface area contributed by atoms with Gasteiger partial charge < -0.3 is 15.8 Å². The molecule has 0 aliphatic rings. The molecule has 0 unspecified atom stereocenters. The second-order valence-corrected chi connectivity index (χ2v) is 5.32. The van der Waals surface area contributed by atoms with Crippen LogP contribution in [0, 0.1) is 0 Å². The minimum atomic E-state index is -0.108. The number of halogens is 1. The van der Waals surface area contributed by atoms with Crippen molar-refractivity contribution in [2.75, 3.05) is 7.11 Å². The lowest BCUT2D eigenvalue weighted by molar-refractivity contribution is 0.398. The Bertz CT molecular complexity index is 440. The molecule has 5 nitrogen and oxygen atoms in total. The molecule has 0 amide bonds. The van der Waals surface area contributed by atoms with Crippen LogP contribution in [-0.2, 0) is 6.54 Å². The SMILES string of the molecule is COc1ncc(CN=C(N)NC(C)(C)C)cc1Cl. The van der Waals surface area contributed by atoms with Gasteiger partial charge in [-0.15, -0.1) is 0 Å². The van der Waals surface area contributed by atoms with Gasteiger partial charge in [0.1, 0.15) is 5.02 Å². The predicted molar refractivity (Wildman–Crippen MR) is 74.0 cm³/mol. The summed E-state index contributed by atoms with van der Waals surface area (Å²) in [5.74, 6) is 0.805. The summed E-state index contributed by atoms with van der Waals surface area (Å²) in [4.78, 5) is 8.28. The van der Waals surface area contributed by atoms with Crippen LogP contribution in [0.4, 0.5) is 0 Å². The fraction of sp³-hybridized carbons (Fsp3) is 0.500. The number of guanidine groups is 1. The van der Waals surface area contributed by atoms with E-state index in [2.05, 4.69) is 15.3 Å². The third kappa shape index (κ3) is 4.79. The molecule has 0 radical (unpaired) electrons. The lowest BCUT2D eigenvalue weighted by atomic mass is 10.1. The van der Waals surface area contributed by atoms with Crippen LogP contribution in [0.25, 0.3) is 0 Å². The van der Waals surface area contributed by atoms with E-state index in [1.165, 1.54) is 7.11 Å². The van der Waals surface area contributed by atoms with Crippen molar-refractivity contribution < 1.29 is 4.74 Å². The molecule has 0 saturated heterocycles. The Morgan fingerprint density at radius 1 is 1.56 bits per heavy atom. The molecule has 0 aliphatic heterocycles. The van der Waals surface area contributed by atoms with Gasteiger partial charge in [0.25, 0.3) is 0 Å². The van der Waals surface area contributed by atoms with Gasteiger partial charge in [0, 0.05) is 11.7 Å². The molecule has 1 aromatic rings. The van der Waals surface area contributed by atoms with E-state index in [1.807, 2.05) is 20.8 Å². The average Bonchev–Trinajstić information content (AvgIpc) is 2.24. The zero-order valence-corrected chi connectivity index (χ0v) is 11.9. The van der Waals surface area contributed by atoms with Crippen LogP contribution in [0.2, 0.25) is 5.02 Å². The van der Waals surface area contributed by atoms with Gasteiger partial charge in [-0.3, -0.25) is 0 Å². The quantitative estimate of drug-likeness (QED) is 0.650. The second-order valence-electron chi connectivity index (χ2n) is 4.91. The molecule has 0 aliphatic carbocycles. The third-order valence-corrected chi connectivity index (χ3v) is 2.26. The molecular formula is C12H19ClN4O. The van der Waals surface area contributed by atoms with E-state index in [-0.39, 0.29) is 5.54 Å². The molecule has 18 heavy (non-hydrogen) atoms. The topological polar surface area (TPSA) is 72.5 Å². The number of nitrogens with two attached hydrogens (primary N) is 1. The Balaban J connectivity index is 2.68. The molecule has 0 fully saturated rings. The molecule has 3 N–H and O–H groups in total. The number of nitrogens with zero attached hydrogens (tertiary/aromatic N) is 2. The van der Waals surface area contributed by atoms with Gasteiger partial charge in [-0.25, -0.2) is 9.98 Å². The first kappa shape index (κ1) is 14.6. The first-order valence-electron chi connectivity index (χ1n) is 5.58. The fourth-order valence-electron chi connectivity index (χ4n) is 1.30. The molecule has 1 aromatic heterocycles. The number of ether oxygens (including phenoxy) is 1. The van der Waals surface area contributed by atoms with Crippen molar-refractivity contribution in [3.63, 3.8) is 0 Å². The number of methoxy groups -OCH3 is 1. The van der Waals surface area contributed by atoms with Crippen molar-refractivity contribution in [1.82, 2.24) is 10.3 Å². The lowest BCUT2D eigenvalue weighted by Crippen LogP contribution is -2.44. The average molecular weight is 271 g/mol. The van der Waals surface area contributed by atoms with Gasteiger partial charge in [-0.2, -0.15) is 0 Å². The first-order valence-corrected chi connectivity index (χ1v) is 5.96. The van der Waals surface area contributed by atoms with Crippen molar-refractivity contribution in [3.05, 3.63) is 22.8 Å². The summed E-state index contributed by atoms with van der Waals surface area (Å²) in [6.45, 7) is 6.47. The Hall–Kier alpha value is -1.49. The van der Waals surface area contributed by atoms with Crippen LogP contribution in [0.3, 0.4) is 0 Å². The highest BCUT2D eigenvalue weighted by Gasteiger charge is 2.09. The lowest BCUT2D eigenvalue weighted by Gasteiger charge is -2.20. The molecule has 0 saturated carbocycles. The highest BCUT2D eigenvalue weighted by Crippen LogP contribution is 2.21. The minimum Gasteiger partial charge on any atom is -0.480 e. The zero-order chi connectivity index (χ0) is 13.8. The van der Waals surface area contributed by atoms with Gasteiger partial charge in [0.05, 0.1) is 13.7 Å². The molecule has 0 aromatic carbocycles. The smallest absolute Gasteiger partial charge is 0.232 e. The molecular weight excluding hydrogens is 252 g/mol. The van der Waals surface area contributed by atoms with Gasteiger partial charge in [-0.05, 0) is 32.4 Å². The predicted octanol–water partition coefficient (Wildman–Crippen LogP) is 1.95. The molecule has 100 valence electrons. The number of aliphatic imine (C=N–C) groups is 1. The summed E-state index contributed by atoms with van der Waals surface area (Å²) < 4.78 is 4.98. The number of pyridine rings is 1. The summed E-state index contributed by atoms with van der Waals surface area (Å²) in [5.41, 5.74) is 6.53. The van der Waals surface area contributed by atoms with Crippen molar-refractivity contribution in [2.45, 2.75) is 32.9 Å². The fourth-order valence-corrected chi connectivity index (χ4v) is 1.57. The summed E-state index contributed by atoms with van der Waals surface area (Å²) in [6.07, 6.45) is 1.67. The van der Waals surface area contributed by atoms with Crippen LogP contribution in [-0.4, -0.2) is 23.6 Å². The van der Waals surface area contributed by atoms with E-state index in [0.29, 0.717) is 23.4 Å². The molecule has 0 atom stereocenters. The van der Waals surface area contributed by atoms with E-state index in [9.17, 15) is 0 Å². The Morgan fingerprint density at radius 2 is 2.22 bits per heavy atom. The summed E-state index contributed by atoms with van der Waals surface area (Å²) in [5, 5.41) is 3.54. The number of rotatable bonds is 3. The molecule has 0 bridgehead atoms. The van der Waals surface area contributed by atoms with Crippen LogP contribution < -0.4 is 15.8 Å². The normalized spacial score (nSPS) is 12.4. The van der Waals surface area contributed by atoms with Crippen molar-refractivity contribution in [2.24, 2.45) is 10.7 Å². The zero-order valence-electron chi connectivity index (χ0n) is 11.1. The highest BCUT2D eigenvalue weighted by molar-refractivity contribution is 6.31. The minimum absolute atomic E-state index is 0.108. The van der Waals surface area contributed by atoms with Crippen LogP contribution in [0.1, 0.15) is 26.3 Å². The molecule has 1 heterocycles. The molecule has 0 spiro atoms. The maximum absolute atomic E-state index is 5.97. The maximum Gasteiger partial charge on any atom is 0.232 e. The number of aromatic nitrogens is 1. The van der Waals surface area contributed by atoms with Crippen molar-refractivity contribution in [1.29, 1.82) is 0 Å². The van der Waals surface area contributed by atoms with Gasteiger partial charge in [0.2, 0.25) is 5.88 Å². The van der Waals surface area contributed by atoms with E-state index < -0.39 is 0 Å². The van der Waals surface area contributed by atoms with E-state index >= 15 is 0 Å². The highest BCUT2D eigenvalue weighted by atomic mass is 35.5. The monoisotopic (exact) mass is 270 g/mol. The Labute approximate surface area is 112 Å². The van der Waals surface area contributed by atoms with Gasteiger partial charge in [0.15, 0.2) is 5.96 Å². The maximum atomic E-state index is 5.97. The molecule has 1 rings (SSSR count). The van der Waals surface area contributed by atoms with E-state index in [1.54, 1.807) is 12.3 Å². The van der Waals surface area contributed by atoms with Crippen LogP contribution >= 0.6 is 11.6 Å². The van der Waals surface area contributed by atoms with Crippen LogP contribution in [0.5, 0.6) is 5.88 Å². The van der Waals surface area contributed by atoms with Crippen molar-refractivity contribution in [3.8, 4) is 5.88 Å². The summed E-state index contributed by atoms with van der Waals surface area (Å²) in [7, 11) is 1.53. The first-order chi connectivity index (χ1) is 8.31. The number of hydrogen-bond acceptors (Lipinski definition) is 3. The van der Waals surface area contributed by atoms with E-state index in [4.69, 9.17) is 22.1 Å². The second kappa shape index (κ2) is 5.91. The standard InChI is InChI=1S/C12H19ClN4O/c1-12(2,3)17-11(14)16-7-8-5-9(13)10(18-4)15-6-8/h5-6H,7H2,1-4H3,(H3,14,16,17). The summed E-state index contributed by atoms with van der Waals surface area (Å²) >= 11 is 5.97. The largest absolute Gasteiger partial charge is 0.480 e. The van der Waals surface area contributed by atoms with E-state index in [0.717, 1.165) is 5.56 Å². The number of hydrogen-bond donors (Lipinski definition) is 2. The summed E-state index contributed by atoms with van der Waals surface area (Å²) in [6, 6.07) is 1.77. The molecule has 6 heteroatoms. The Morgan fingerprint density at radius 3 is 2.72 bits per heavy atom. The van der Waals surface area contributed by atoms with Gasteiger partial charge >= 0.3 is 0 Å². The van der Waals surface area contributed by atoms with Gasteiger partial charge in [-0.1, -0.05) is 11.6 Å². The third-order valence-electron chi connectivity index (χ3n) is 1.99.